The lowest BCUT2D eigenvalue weighted by Crippen LogP contribution is -1.89. The first-order valence-corrected chi connectivity index (χ1v) is 4.24. The molecule has 68 valence electrons. The van der Waals surface area contributed by atoms with Gasteiger partial charge in [-0.1, -0.05) is 0 Å². The van der Waals surface area contributed by atoms with E-state index in [0.717, 1.165) is 0 Å². The SMILES string of the molecule is FC(F)Sc1ncnc2nc[nH]c12. The molecule has 4 nitrogen and oxygen atoms in total. The number of alkyl halides is 2. The van der Waals surface area contributed by atoms with E-state index in [1.165, 1.54) is 12.7 Å². The Hall–Kier alpha value is -1.24. The van der Waals surface area contributed by atoms with Crippen LogP contribution in [0.2, 0.25) is 0 Å². The van der Waals surface area contributed by atoms with Gasteiger partial charge in [0.1, 0.15) is 16.9 Å². The number of aromatic amines is 1. The van der Waals surface area contributed by atoms with E-state index in [-0.39, 0.29) is 5.03 Å². The molecule has 2 aromatic heterocycles. The highest BCUT2D eigenvalue weighted by molar-refractivity contribution is 7.99. The topological polar surface area (TPSA) is 54.5 Å². The van der Waals surface area contributed by atoms with Crippen LogP contribution in [0.4, 0.5) is 8.78 Å². The third-order valence-corrected chi connectivity index (χ3v) is 2.10. The van der Waals surface area contributed by atoms with Crippen LogP contribution in [0.3, 0.4) is 0 Å². The smallest absolute Gasteiger partial charge is 0.290 e. The highest BCUT2D eigenvalue weighted by Crippen LogP contribution is 2.26. The zero-order chi connectivity index (χ0) is 9.26. The summed E-state index contributed by atoms with van der Waals surface area (Å²) < 4.78 is 24.0. The second kappa shape index (κ2) is 3.25. The third kappa shape index (κ3) is 1.59. The van der Waals surface area contributed by atoms with Crippen LogP contribution < -0.4 is 0 Å². The van der Waals surface area contributed by atoms with E-state index in [0.29, 0.717) is 22.9 Å². The number of imidazole rings is 1. The molecule has 0 aliphatic rings. The molecule has 0 aromatic carbocycles. The van der Waals surface area contributed by atoms with Gasteiger partial charge in [-0.3, -0.25) is 0 Å². The number of nitrogens with one attached hydrogen (secondary N) is 1. The number of nitrogens with zero attached hydrogens (tertiary/aromatic N) is 3. The van der Waals surface area contributed by atoms with Crippen LogP contribution in [0, 0.1) is 0 Å². The second-order valence-corrected chi connectivity index (χ2v) is 3.14. The average molecular weight is 202 g/mol. The normalized spacial score (nSPS) is 11.3. The first-order chi connectivity index (χ1) is 6.27. The molecule has 0 saturated heterocycles. The second-order valence-electron chi connectivity index (χ2n) is 2.16. The number of H-pyrrole nitrogens is 1. The van der Waals surface area contributed by atoms with Gasteiger partial charge in [0.15, 0.2) is 5.65 Å². The average Bonchev–Trinajstić information content (AvgIpc) is 2.51. The molecule has 2 aromatic rings. The molecule has 0 saturated carbocycles. The van der Waals surface area contributed by atoms with Crippen LogP contribution in [-0.2, 0) is 0 Å². The molecule has 0 unspecified atom stereocenters. The lowest BCUT2D eigenvalue weighted by atomic mass is 10.6. The maximum Gasteiger partial charge on any atom is 0.290 e. The molecule has 7 heteroatoms. The predicted octanol–water partition coefficient (Wildman–Crippen LogP) is 1.67. The standard InChI is InChI=1S/C6H4F2N4S/c7-6(8)13-5-3-4(10-1-9-3)11-2-12-5/h1-2,6H,(H,9,10,11,12). The van der Waals surface area contributed by atoms with Gasteiger partial charge in [-0.05, 0) is 11.8 Å². The van der Waals surface area contributed by atoms with Crippen LogP contribution in [0.15, 0.2) is 17.7 Å². The van der Waals surface area contributed by atoms with Crippen LogP contribution >= 0.6 is 11.8 Å². The fourth-order valence-electron chi connectivity index (χ4n) is 0.917. The van der Waals surface area contributed by atoms with Gasteiger partial charge in [-0.2, -0.15) is 8.78 Å². The van der Waals surface area contributed by atoms with Crippen LogP contribution in [0.5, 0.6) is 0 Å². The zero-order valence-electron chi connectivity index (χ0n) is 6.24. The fraction of sp³-hybridized carbons (Fsp3) is 0.167. The number of fused-ring (bicyclic) bond motifs is 1. The summed E-state index contributed by atoms with van der Waals surface area (Å²) >= 11 is 0.377. The number of aromatic nitrogens is 4. The Bertz CT molecular complexity index is 416. The molecule has 0 aliphatic heterocycles. The first-order valence-electron chi connectivity index (χ1n) is 3.36. The Balaban J connectivity index is 2.48. The minimum atomic E-state index is -2.48. The number of thioether (sulfide) groups is 1. The number of rotatable bonds is 2. The number of halogens is 2. The Morgan fingerprint density at radius 3 is 2.92 bits per heavy atom. The summed E-state index contributed by atoms with van der Waals surface area (Å²) in [5.74, 6) is -2.48. The molecular formula is C6H4F2N4S. The van der Waals surface area contributed by atoms with Gasteiger partial charge in [0.25, 0.3) is 5.76 Å². The van der Waals surface area contributed by atoms with Gasteiger partial charge >= 0.3 is 0 Å². The summed E-state index contributed by atoms with van der Waals surface area (Å²) in [5.41, 5.74) is 0.853. The lowest BCUT2D eigenvalue weighted by molar-refractivity contribution is 0.252. The summed E-state index contributed by atoms with van der Waals surface area (Å²) in [6.07, 6.45) is 2.61. The summed E-state index contributed by atoms with van der Waals surface area (Å²) in [5, 5.41) is 0.220. The van der Waals surface area contributed by atoms with Gasteiger partial charge in [-0.15, -0.1) is 0 Å². The van der Waals surface area contributed by atoms with Gasteiger partial charge in [0, 0.05) is 0 Å². The summed E-state index contributed by atoms with van der Waals surface area (Å²) in [7, 11) is 0. The molecule has 0 spiro atoms. The molecule has 0 aliphatic carbocycles. The van der Waals surface area contributed by atoms with Crippen molar-refractivity contribution in [2.24, 2.45) is 0 Å². The number of hydrogen-bond donors (Lipinski definition) is 1. The van der Waals surface area contributed by atoms with Crippen molar-refractivity contribution in [3.05, 3.63) is 12.7 Å². The monoisotopic (exact) mass is 202 g/mol. The number of hydrogen-bond acceptors (Lipinski definition) is 4. The Morgan fingerprint density at radius 2 is 2.15 bits per heavy atom. The first kappa shape index (κ1) is 8.36. The minimum absolute atomic E-state index is 0.220. The van der Waals surface area contributed by atoms with Crippen molar-refractivity contribution in [1.29, 1.82) is 0 Å². The lowest BCUT2D eigenvalue weighted by Gasteiger charge is -1.98. The maximum absolute atomic E-state index is 12.0. The van der Waals surface area contributed by atoms with E-state index in [1.807, 2.05) is 0 Å². The Labute approximate surface area is 75.8 Å². The van der Waals surface area contributed by atoms with Crippen molar-refractivity contribution in [3.8, 4) is 0 Å². The van der Waals surface area contributed by atoms with Gasteiger partial charge in [-0.25, -0.2) is 15.0 Å². The van der Waals surface area contributed by atoms with Crippen molar-refractivity contribution in [2.75, 3.05) is 0 Å². The molecule has 0 fully saturated rings. The van der Waals surface area contributed by atoms with Crippen LogP contribution in [0.25, 0.3) is 11.2 Å². The highest BCUT2D eigenvalue weighted by Gasteiger charge is 2.11. The van der Waals surface area contributed by atoms with E-state index < -0.39 is 5.76 Å². The molecule has 2 rings (SSSR count). The van der Waals surface area contributed by atoms with Crippen molar-refractivity contribution in [3.63, 3.8) is 0 Å². The molecule has 0 amide bonds. The van der Waals surface area contributed by atoms with E-state index >= 15 is 0 Å². The van der Waals surface area contributed by atoms with E-state index in [4.69, 9.17) is 0 Å². The summed E-state index contributed by atoms with van der Waals surface area (Å²) in [6.45, 7) is 0. The van der Waals surface area contributed by atoms with E-state index in [9.17, 15) is 8.78 Å². The molecule has 1 N–H and O–H groups in total. The van der Waals surface area contributed by atoms with E-state index in [2.05, 4.69) is 19.9 Å². The fourth-order valence-corrected chi connectivity index (χ4v) is 1.46. The molecule has 0 radical (unpaired) electrons. The third-order valence-electron chi connectivity index (χ3n) is 1.39. The molecular weight excluding hydrogens is 198 g/mol. The quantitative estimate of drug-likeness (QED) is 0.594. The Kier molecular flexibility index (Phi) is 2.09. The molecule has 2 heterocycles. The minimum Gasteiger partial charge on any atom is -0.341 e. The van der Waals surface area contributed by atoms with Crippen molar-refractivity contribution < 1.29 is 8.78 Å². The maximum atomic E-state index is 12.0. The summed E-state index contributed by atoms with van der Waals surface area (Å²) in [4.78, 5) is 14.0. The summed E-state index contributed by atoms with van der Waals surface area (Å²) in [6, 6.07) is 0. The van der Waals surface area contributed by atoms with Crippen LogP contribution in [-0.4, -0.2) is 25.7 Å². The van der Waals surface area contributed by atoms with Gasteiger partial charge < -0.3 is 4.98 Å². The van der Waals surface area contributed by atoms with Crippen molar-refractivity contribution in [1.82, 2.24) is 19.9 Å². The van der Waals surface area contributed by atoms with Gasteiger partial charge in [0.2, 0.25) is 0 Å². The van der Waals surface area contributed by atoms with Crippen molar-refractivity contribution in [2.45, 2.75) is 10.8 Å². The Morgan fingerprint density at radius 1 is 1.31 bits per heavy atom. The van der Waals surface area contributed by atoms with Crippen molar-refractivity contribution >= 4 is 22.9 Å². The predicted molar refractivity (Wildman–Crippen MR) is 43.5 cm³/mol. The largest absolute Gasteiger partial charge is 0.341 e. The molecule has 13 heavy (non-hydrogen) atoms. The highest BCUT2D eigenvalue weighted by atomic mass is 32.2. The molecule has 0 atom stereocenters. The zero-order valence-corrected chi connectivity index (χ0v) is 7.05. The molecule has 0 bridgehead atoms. The van der Waals surface area contributed by atoms with Crippen LogP contribution in [0.1, 0.15) is 0 Å². The van der Waals surface area contributed by atoms with Gasteiger partial charge in [0.05, 0.1) is 6.33 Å². The van der Waals surface area contributed by atoms with E-state index in [1.54, 1.807) is 0 Å².